The van der Waals surface area contributed by atoms with E-state index in [1.165, 1.54) is 4.90 Å². The first-order valence-corrected chi connectivity index (χ1v) is 9.48. The van der Waals surface area contributed by atoms with Crippen LogP contribution in [0.2, 0.25) is 10.0 Å². The summed E-state index contributed by atoms with van der Waals surface area (Å²) in [6.07, 6.45) is 0. The van der Waals surface area contributed by atoms with Crippen LogP contribution in [0.3, 0.4) is 0 Å². The summed E-state index contributed by atoms with van der Waals surface area (Å²) in [6, 6.07) is 11.2. The lowest BCUT2D eigenvalue weighted by atomic mass is 10.1. The Bertz CT molecular complexity index is 1080. The molecule has 0 radical (unpaired) electrons. The second kappa shape index (κ2) is 9.17. The zero-order valence-corrected chi connectivity index (χ0v) is 17.0. The van der Waals surface area contributed by atoms with Crippen LogP contribution in [0.1, 0.15) is 5.56 Å². The summed E-state index contributed by atoms with van der Waals surface area (Å²) in [7, 11) is 1.55. The number of H-pyrrole nitrogens is 1. The number of rotatable bonds is 6. The smallest absolute Gasteiger partial charge is 0.322 e. The zero-order chi connectivity index (χ0) is 21.0. The minimum atomic E-state index is -0.451. The van der Waals surface area contributed by atoms with Crippen LogP contribution in [0.15, 0.2) is 47.3 Å². The maximum Gasteiger partial charge on any atom is 0.322 e. The maximum absolute atomic E-state index is 12.7. The summed E-state index contributed by atoms with van der Waals surface area (Å²) in [6.45, 7) is -0.201. The van der Waals surface area contributed by atoms with Gasteiger partial charge in [-0.15, -0.1) is 0 Å². The highest BCUT2D eigenvalue weighted by Crippen LogP contribution is 2.26. The topological polar surface area (TPSA) is 94.7 Å². The third-order valence-electron chi connectivity index (χ3n) is 4.31. The highest BCUT2D eigenvalue weighted by molar-refractivity contribution is 6.38. The van der Waals surface area contributed by atoms with Gasteiger partial charge in [0, 0.05) is 28.2 Å². The molecule has 0 aliphatic heterocycles. The quantitative estimate of drug-likeness (QED) is 0.547. The Morgan fingerprint density at radius 3 is 2.59 bits per heavy atom. The van der Waals surface area contributed by atoms with Crippen LogP contribution < -0.4 is 15.6 Å². The van der Waals surface area contributed by atoms with Crippen LogP contribution in [0.25, 0.3) is 10.9 Å². The van der Waals surface area contributed by atoms with Crippen molar-refractivity contribution < 1.29 is 14.6 Å². The summed E-state index contributed by atoms with van der Waals surface area (Å²) in [5.74, 6) is 0.662. The highest BCUT2D eigenvalue weighted by Gasteiger charge is 2.17. The Hall–Kier alpha value is -2.74. The van der Waals surface area contributed by atoms with Gasteiger partial charge in [-0.25, -0.2) is 4.79 Å². The van der Waals surface area contributed by atoms with Crippen molar-refractivity contribution in [3.63, 3.8) is 0 Å². The fourth-order valence-corrected chi connectivity index (χ4v) is 3.42. The summed E-state index contributed by atoms with van der Waals surface area (Å²) >= 11 is 12.2. The first-order chi connectivity index (χ1) is 13.9. The van der Waals surface area contributed by atoms with Gasteiger partial charge in [0.2, 0.25) is 0 Å². The number of carbonyl (C=O) groups is 1. The normalized spacial score (nSPS) is 10.8. The molecule has 9 heteroatoms. The summed E-state index contributed by atoms with van der Waals surface area (Å²) in [5, 5.41) is 13.5. The number of benzene rings is 2. The van der Waals surface area contributed by atoms with Crippen LogP contribution in [0, 0.1) is 0 Å². The first kappa shape index (κ1) is 21.0. The number of aromatic amines is 1. The predicted molar refractivity (Wildman–Crippen MR) is 114 cm³/mol. The molecule has 1 heterocycles. The Morgan fingerprint density at radius 2 is 1.93 bits per heavy atom. The SMILES string of the molecule is COc1ccc(NC(=O)N(CCO)Cc2cc3cc(Cl)cc(Cl)c3[nH]c2=O)cc1. The molecule has 0 saturated carbocycles. The van der Waals surface area contributed by atoms with E-state index in [-0.39, 0.29) is 25.3 Å². The molecule has 7 nitrogen and oxygen atoms in total. The molecule has 3 rings (SSSR count). The van der Waals surface area contributed by atoms with Crippen molar-refractivity contribution in [3.8, 4) is 5.75 Å². The highest BCUT2D eigenvalue weighted by atomic mass is 35.5. The van der Waals surface area contributed by atoms with E-state index in [2.05, 4.69) is 10.3 Å². The Kier molecular flexibility index (Phi) is 6.64. The van der Waals surface area contributed by atoms with Crippen molar-refractivity contribution in [2.75, 3.05) is 25.6 Å². The number of aliphatic hydroxyl groups is 1. The molecule has 29 heavy (non-hydrogen) atoms. The monoisotopic (exact) mass is 435 g/mol. The number of amides is 2. The van der Waals surface area contributed by atoms with Crippen molar-refractivity contribution in [2.24, 2.45) is 0 Å². The number of nitrogens with zero attached hydrogens (tertiary/aromatic N) is 1. The third kappa shape index (κ3) is 5.00. The number of pyridine rings is 1. The molecule has 3 aromatic rings. The zero-order valence-electron chi connectivity index (χ0n) is 15.5. The number of urea groups is 1. The number of fused-ring (bicyclic) bond motifs is 1. The number of aromatic nitrogens is 1. The molecule has 0 aliphatic rings. The average molecular weight is 436 g/mol. The van der Waals surface area contributed by atoms with E-state index < -0.39 is 6.03 Å². The lowest BCUT2D eigenvalue weighted by Crippen LogP contribution is -2.38. The molecule has 0 aliphatic carbocycles. The number of aliphatic hydroxyl groups excluding tert-OH is 1. The molecular formula is C20H19Cl2N3O4. The minimum Gasteiger partial charge on any atom is -0.497 e. The summed E-state index contributed by atoms with van der Waals surface area (Å²) in [4.78, 5) is 29.2. The molecule has 2 amide bonds. The number of hydrogen-bond acceptors (Lipinski definition) is 4. The number of nitrogens with one attached hydrogen (secondary N) is 2. The Balaban J connectivity index is 1.84. The van der Waals surface area contributed by atoms with E-state index in [4.69, 9.17) is 27.9 Å². The largest absolute Gasteiger partial charge is 0.497 e. The van der Waals surface area contributed by atoms with Crippen LogP contribution in [-0.4, -0.2) is 41.3 Å². The molecule has 3 N–H and O–H groups in total. The summed E-state index contributed by atoms with van der Waals surface area (Å²) in [5.41, 5.74) is 1.00. The second-order valence-corrected chi connectivity index (χ2v) is 7.12. The maximum atomic E-state index is 12.7. The van der Waals surface area contributed by atoms with Crippen molar-refractivity contribution in [1.82, 2.24) is 9.88 Å². The van der Waals surface area contributed by atoms with Gasteiger partial charge in [0.25, 0.3) is 5.56 Å². The van der Waals surface area contributed by atoms with Gasteiger partial charge in [-0.1, -0.05) is 23.2 Å². The van der Waals surface area contributed by atoms with Crippen LogP contribution in [0.5, 0.6) is 5.75 Å². The van der Waals surface area contributed by atoms with Gasteiger partial charge in [0.15, 0.2) is 0 Å². The average Bonchev–Trinajstić information content (AvgIpc) is 2.69. The number of carbonyl (C=O) groups excluding carboxylic acids is 1. The van der Waals surface area contributed by atoms with E-state index in [0.29, 0.717) is 37.9 Å². The molecule has 0 unspecified atom stereocenters. The van der Waals surface area contributed by atoms with Gasteiger partial charge < -0.3 is 25.0 Å². The standard InChI is InChI=1S/C20H19Cl2N3O4/c1-29-16-4-2-15(3-5-16)23-20(28)25(6-7-26)11-13-8-12-9-14(21)10-17(22)18(12)24-19(13)27/h2-5,8-10,26H,6-7,11H2,1H3,(H,23,28)(H,24,27). The predicted octanol–water partition coefficient (Wildman–Crippen LogP) is 3.87. The van der Waals surface area contributed by atoms with E-state index >= 15 is 0 Å². The second-order valence-electron chi connectivity index (χ2n) is 6.28. The molecule has 152 valence electrons. The van der Waals surface area contributed by atoms with Gasteiger partial charge in [0.05, 0.1) is 30.8 Å². The number of halogens is 2. The van der Waals surface area contributed by atoms with Gasteiger partial charge in [-0.05, 0) is 42.5 Å². The van der Waals surface area contributed by atoms with E-state index in [1.807, 2.05) is 0 Å². The summed E-state index contributed by atoms with van der Waals surface area (Å²) < 4.78 is 5.09. The van der Waals surface area contributed by atoms with Crippen molar-refractivity contribution in [2.45, 2.75) is 6.54 Å². The molecular weight excluding hydrogens is 417 g/mol. The minimum absolute atomic E-state index is 0.00203. The van der Waals surface area contributed by atoms with Gasteiger partial charge in [0.1, 0.15) is 5.75 Å². The van der Waals surface area contributed by atoms with Gasteiger partial charge in [-0.2, -0.15) is 0 Å². The number of anilines is 1. The fourth-order valence-electron chi connectivity index (χ4n) is 2.86. The Morgan fingerprint density at radius 1 is 1.21 bits per heavy atom. The first-order valence-electron chi connectivity index (χ1n) is 8.73. The number of methoxy groups -OCH3 is 1. The van der Waals surface area contributed by atoms with Crippen molar-refractivity contribution in [1.29, 1.82) is 0 Å². The Labute approximate surface area is 176 Å². The lowest BCUT2D eigenvalue weighted by molar-refractivity contribution is 0.185. The molecule has 0 bridgehead atoms. The molecule has 0 spiro atoms. The van der Waals surface area contributed by atoms with Gasteiger partial charge >= 0.3 is 6.03 Å². The molecule has 0 saturated heterocycles. The van der Waals surface area contributed by atoms with E-state index in [0.717, 1.165) is 0 Å². The van der Waals surface area contributed by atoms with Crippen LogP contribution >= 0.6 is 23.2 Å². The van der Waals surface area contributed by atoms with Crippen molar-refractivity contribution in [3.05, 3.63) is 68.4 Å². The van der Waals surface area contributed by atoms with Crippen LogP contribution in [0.4, 0.5) is 10.5 Å². The van der Waals surface area contributed by atoms with Crippen molar-refractivity contribution >= 4 is 45.8 Å². The third-order valence-corrected chi connectivity index (χ3v) is 4.82. The van der Waals surface area contributed by atoms with E-state index in [1.54, 1.807) is 49.6 Å². The van der Waals surface area contributed by atoms with E-state index in [9.17, 15) is 14.7 Å². The lowest BCUT2D eigenvalue weighted by Gasteiger charge is -2.22. The fraction of sp³-hybridized carbons (Fsp3) is 0.200. The number of ether oxygens (including phenoxy) is 1. The van der Waals surface area contributed by atoms with Gasteiger partial charge in [-0.3, -0.25) is 4.79 Å². The molecule has 0 atom stereocenters. The van der Waals surface area contributed by atoms with Crippen LogP contribution in [-0.2, 0) is 6.54 Å². The molecule has 1 aromatic heterocycles. The molecule has 0 fully saturated rings. The number of hydrogen-bond donors (Lipinski definition) is 3. The molecule has 2 aromatic carbocycles.